The molecule has 0 aromatic heterocycles. The number of benzene rings is 2. The van der Waals surface area contributed by atoms with E-state index in [1.165, 1.54) is 44.5 Å². The minimum atomic E-state index is 0. The molecule has 0 nitrogen and oxygen atoms in total. The van der Waals surface area contributed by atoms with Gasteiger partial charge in [0, 0.05) is 65.4 Å². The zero-order chi connectivity index (χ0) is 16.3. The van der Waals surface area contributed by atoms with Crippen LogP contribution in [0.1, 0.15) is 46.2 Å². The summed E-state index contributed by atoms with van der Waals surface area (Å²) in [6, 6.07) is 11.7. The van der Waals surface area contributed by atoms with Gasteiger partial charge in [0.2, 0.25) is 0 Å². The third-order valence-electron chi connectivity index (χ3n) is 4.43. The van der Waals surface area contributed by atoms with E-state index in [1.807, 2.05) is 0 Å². The third kappa shape index (κ3) is 5.84. The Labute approximate surface area is 199 Å². The van der Waals surface area contributed by atoms with Crippen LogP contribution in [-0.4, -0.2) is 0 Å². The zero-order valence-electron chi connectivity index (χ0n) is 15.6. The van der Waals surface area contributed by atoms with Crippen molar-refractivity contribution in [1.82, 2.24) is 0 Å². The first-order valence-electron chi connectivity index (χ1n) is 8.11. The van der Waals surface area contributed by atoms with Crippen molar-refractivity contribution in [2.24, 2.45) is 0 Å². The van der Waals surface area contributed by atoms with E-state index >= 15 is 0 Å². The van der Waals surface area contributed by atoms with Crippen LogP contribution in [0.4, 0.5) is 0 Å². The molecule has 0 aliphatic rings. The van der Waals surface area contributed by atoms with Crippen molar-refractivity contribution in [2.75, 3.05) is 0 Å². The van der Waals surface area contributed by atoms with E-state index in [1.54, 1.807) is 0 Å². The number of aryl methyl sites for hydroxylation is 4. The van der Waals surface area contributed by atoms with Gasteiger partial charge in [-0.05, 0) is 0 Å². The van der Waals surface area contributed by atoms with Gasteiger partial charge in [0.25, 0.3) is 0 Å². The molecular formula is C22H26Y2-4. The average Bonchev–Trinajstić information content (AvgIpc) is 2.47. The van der Waals surface area contributed by atoms with E-state index in [4.69, 9.17) is 0 Å². The summed E-state index contributed by atoms with van der Waals surface area (Å²) < 4.78 is 0. The van der Waals surface area contributed by atoms with Crippen LogP contribution in [0.25, 0.3) is 11.1 Å². The van der Waals surface area contributed by atoms with Crippen LogP contribution in [0.15, 0.2) is 12.1 Å². The van der Waals surface area contributed by atoms with Gasteiger partial charge in [-0.2, -0.15) is 36.1 Å². The average molecular weight is 468 g/mol. The van der Waals surface area contributed by atoms with Crippen LogP contribution in [-0.2, 0) is 78.3 Å². The van der Waals surface area contributed by atoms with Gasteiger partial charge < -0.3 is 13.8 Å². The predicted molar refractivity (Wildman–Crippen MR) is 95.9 cm³/mol. The molecule has 2 aromatic carbocycles. The van der Waals surface area contributed by atoms with Crippen LogP contribution in [0, 0.1) is 53.7 Å². The molecule has 2 aromatic rings. The molecule has 0 heterocycles. The van der Waals surface area contributed by atoms with Crippen LogP contribution in [0.2, 0.25) is 0 Å². The fraction of sp³-hybridized carbons (Fsp3) is 0.364. The van der Waals surface area contributed by atoms with Gasteiger partial charge in [0.15, 0.2) is 0 Å². The summed E-state index contributed by atoms with van der Waals surface area (Å²) in [6.45, 7) is 16.7. The summed E-state index contributed by atoms with van der Waals surface area (Å²) in [5.41, 5.74) is 10.2. The largest absolute Gasteiger partial charge is 0.343 e. The Bertz CT molecular complexity index is 613. The normalized spacial score (nSPS) is 10.1. The maximum Gasteiger partial charge on any atom is 0 e. The second kappa shape index (κ2) is 11.4. The van der Waals surface area contributed by atoms with E-state index < -0.39 is 0 Å². The molecule has 0 amide bonds. The van der Waals surface area contributed by atoms with Gasteiger partial charge in [-0.25, -0.2) is 11.1 Å². The third-order valence-corrected chi connectivity index (χ3v) is 4.43. The molecule has 0 unspecified atom stereocenters. The van der Waals surface area contributed by atoms with Crippen LogP contribution in [0.5, 0.6) is 0 Å². The van der Waals surface area contributed by atoms with E-state index in [-0.39, 0.29) is 65.4 Å². The standard InChI is InChI=1S/C22H26.2Y/c1-7-9-19-11-15(3)17(5)21(13-19)22-14-20(10-8-2)12-16(4)18(22)6;;/h11-12H,1-2,7-10H2,3-6H3;;/q-4;;. The SMILES string of the molecule is [CH2-]CCc1[c-]c(-c2[c-]c(CC[CH2-])cc(C)c2C)c(C)c(C)c1.[Y].[Y]. The summed E-state index contributed by atoms with van der Waals surface area (Å²) in [5.74, 6) is 0. The van der Waals surface area contributed by atoms with E-state index in [0.29, 0.717) is 0 Å². The van der Waals surface area contributed by atoms with Crippen molar-refractivity contribution in [1.29, 1.82) is 0 Å². The fourth-order valence-electron chi connectivity index (χ4n) is 2.86. The molecule has 0 atom stereocenters. The van der Waals surface area contributed by atoms with Gasteiger partial charge in [-0.3, -0.25) is 0 Å². The molecule has 2 heteroatoms. The van der Waals surface area contributed by atoms with Crippen LogP contribution >= 0.6 is 0 Å². The van der Waals surface area contributed by atoms with E-state index in [0.717, 1.165) is 25.7 Å². The predicted octanol–water partition coefficient (Wildman–Crippen LogP) is 5.72. The van der Waals surface area contributed by atoms with Gasteiger partial charge in [0.05, 0.1) is 0 Å². The zero-order valence-corrected chi connectivity index (χ0v) is 21.2. The van der Waals surface area contributed by atoms with Crippen LogP contribution < -0.4 is 0 Å². The van der Waals surface area contributed by atoms with Crippen LogP contribution in [0.3, 0.4) is 0 Å². The molecule has 0 saturated heterocycles. The van der Waals surface area contributed by atoms with Gasteiger partial charge in [-0.1, -0.05) is 40.5 Å². The Kier molecular flexibility index (Phi) is 11.7. The molecule has 0 bridgehead atoms. The summed E-state index contributed by atoms with van der Waals surface area (Å²) in [6.07, 6.45) is 3.76. The van der Waals surface area contributed by atoms with Gasteiger partial charge >= 0.3 is 0 Å². The monoisotopic (exact) mass is 468 g/mol. The maximum absolute atomic E-state index is 3.97. The summed E-state index contributed by atoms with van der Waals surface area (Å²) >= 11 is 0. The Balaban J connectivity index is 0.00000264. The second-order valence-corrected chi connectivity index (χ2v) is 6.16. The fourth-order valence-corrected chi connectivity index (χ4v) is 2.86. The van der Waals surface area contributed by atoms with Crippen molar-refractivity contribution in [2.45, 2.75) is 53.4 Å². The minimum absolute atomic E-state index is 0. The van der Waals surface area contributed by atoms with Crippen molar-refractivity contribution in [3.63, 3.8) is 0 Å². The first-order chi connectivity index (χ1) is 10.5. The molecule has 2 radical (unpaired) electrons. The maximum atomic E-state index is 3.97. The molecule has 2 rings (SSSR count). The summed E-state index contributed by atoms with van der Waals surface area (Å²) in [7, 11) is 0. The molecular weight excluding hydrogens is 442 g/mol. The minimum Gasteiger partial charge on any atom is -0.343 e. The van der Waals surface area contributed by atoms with Crippen molar-refractivity contribution < 1.29 is 65.4 Å². The quantitative estimate of drug-likeness (QED) is 0.493. The Morgan fingerprint density at radius 2 is 1.04 bits per heavy atom. The smallest absolute Gasteiger partial charge is 0 e. The molecule has 0 saturated carbocycles. The van der Waals surface area contributed by atoms with Crippen molar-refractivity contribution in [3.8, 4) is 11.1 Å². The Morgan fingerprint density at radius 1 is 0.708 bits per heavy atom. The molecule has 0 aliphatic heterocycles. The molecule has 124 valence electrons. The van der Waals surface area contributed by atoms with Crippen molar-refractivity contribution >= 4 is 0 Å². The topological polar surface area (TPSA) is 0 Å². The molecule has 0 aliphatic carbocycles. The van der Waals surface area contributed by atoms with Gasteiger partial charge in [-0.15, -0.1) is 34.4 Å². The Morgan fingerprint density at radius 3 is 1.33 bits per heavy atom. The first kappa shape index (κ1) is 24.6. The summed E-state index contributed by atoms with van der Waals surface area (Å²) in [5, 5.41) is 0. The second-order valence-electron chi connectivity index (χ2n) is 6.16. The van der Waals surface area contributed by atoms with Crippen molar-refractivity contribution in [3.05, 3.63) is 71.5 Å². The number of rotatable bonds is 5. The molecule has 0 fully saturated rings. The number of hydrogen-bond donors (Lipinski definition) is 0. The Hall–Kier alpha value is 0.648. The van der Waals surface area contributed by atoms with E-state index in [9.17, 15) is 0 Å². The number of hydrogen-bond acceptors (Lipinski definition) is 0. The molecule has 0 N–H and O–H groups in total. The summed E-state index contributed by atoms with van der Waals surface area (Å²) in [4.78, 5) is 0. The van der Waals surface area contributed by atoms with Gasteiger partial charge in [0.1, 0.15) is 0 Å². The van der Waals surface area contributed by atoms with E-state index in [2.05, 4.69) is 65.8 Å². The first-order valence-corrected chi connectivity index (χ1v) is 8.11. The molecule has 24 heavy (non-hydrogen) atoms. The molecule has 0 spiro atoms.